The molecule has 0 bridgehead atoms. The lowest BCUT2D eigenvalue weighted by atomic mass is 10.2. The van der Waals surface area contributed by atoms with Gasteiger partial charge in [-0.3, -0.25) is 9.59 Å². The second-order valence-electron chi connectivity index (χ2n) is 4.99. The number of hydrogen-bond acceptors (Lipinski definition) is 4. The molecule has 1 aliphatic carbocycles. The molecule has 0 heterocycles. The molecule has 0 unspecified atom stereocenters. The molecule has 0 saturated heterocycles. The lowest BCUT2D eigenvalue weighted by molar-refractivity contribution is -0.123. The summed E-state index contributed by atoms with van der Waals surface area (Å²) in [6.45, 7) is -0.132. The summed E-state index contributed by atoms with van der Waals surface area (Å²) in [5.74, 6) is 0.420. The standard InChI is InChI=1S/C15H18ClNO4/c1-20-13-7-10(8-18)6-12(16)15(13)21-9-14(19)17-11-4-2-3-5-11/h6-8,11H,2-5,9H2,1H3,(H,17,19). The zero-order chi connectivity index (χ0) is 15.2. The quantitative estimate of drug-likeness (QED) is 0.820. The first kappa shape index (κ1) is 15.6. The minimum atomic E-state index is -0.181. The molecule has 1 N–H and O–H groups in total. The van der Waals surface area contributed by atoms with Crippen LogP contribution >= 0.6 is 11.6 Å². The molecule has 6 heteroatoms. The van der Waals surface area contributed by atoms with Gasteiger partial charge in [-0.2, -0.15) is 0 Å². The normalized spacial score (nSPS) is 14.8. The number of halogens is 1. The predicted octanol–water partition coefficient (Wildman–Crippen LogP) is 2.60. The van der Waals surface area contributed by atoms with Crippen molar-refractivity contribution in [3.8, 4) is 11.5 Å². The highest BCUT2D eigenvalue weighted by Gasteiger charge is 2.18. The Hall–Kier alpha value is -1.75. The number of ether oxygens (including phenoxy) is 2. The molecule has 0 aromatic heterocycles. The van der Waals surface area contributed by atoms with E-state index in [1.165, 1.54) is 19.2 Å². The van der Waals surface area contributed by atoms with Gasteiger partial charge >= 0.3 is 0 Å². The number of hydrogen-bond donors (Lipinski definition) is 1. The summed E-state index contributed by atoms with van der Waals surface area (Å²) < 4.78 is 10.6. The molecule has 0 radical (unpaired) electrons. The molecular weight excluding hydrogens is 294 g/mol. The summed E-state index contributed by atoms with van der Waals surface area (Å²) in [6.07, 6.45) is 5.01. The van der Waals surface area contributed by atoms with E-state index in [2.05, 4.69) is 5.32 Å². The number of methoxy groups -OCH3 is 1. The Bertz CT molecular complexity index is 527. The van der Waals surface area contributed by atoms with Crippen molar-refractivity contribution in [1.82, 2.24) is 5.32 Å². The molecule has 1 saturated carbocycles. The molecule has 0 aliphatic heterocycles. The first-order valence-electron chi connectivity index (χ1n) is 6.89. The largest absolute Gasteiger partial charge is 0.493 e. The summed E-state index contributed by atoms with van der Waals surface area (Å²) in [5, 5.41) is 3.17. The monoisotopic (exact) mass is 311 g/mol. The van der Waals surface area contributed by atoms with Crippen LogP contribution in [0.15, 0.2) is 12.1 Å². The van der Waals surface area contributed by atoms with Crippen LogP contribution in [0.3, 0.4) is 0 Å². The Morgan fingerprint density at radius 1 is 1.43 bits per heavy atom. The van der Waals surface area contributed by atoms with Crippen molar-refractivity contribution in [2.45, 2.75) is 31.7 Å². The number of aldehydes is 1. The van der Waals surface area contributed by atoms with Gasteiger partial charge in [-0.25, -0.2) is 0 Å². The maximum Gasteiger partial charge on any atom is 0.258 e. The predicted molar refractivity (Wildman–Crippen MR) is 79.3 cm³/mol. The molecule has 21 heavy (non-hydrogen) atoms. The average molecular weight is 312 g/mol. The Balaban J connectivity index is 1.98. The van der Waals surface area contributed by atoms with Gasteiger partial charge in [-0.15, -0.1) is 0 Å². The molecule has 5 nitrogen and oxygen atoms in total. The van der Waals surface area contributed by atoms with E-state index in [0.29, 0.717) is 17.6 Å². The molecule has 1 aliphatic rings. The SMILES string of the molecule is COc1cc(C=O)cc(Cl)c1OCC(=O)NC1CCCC1. The fourth-order valence-electron chi connectivity index (χ4n) is 2.43. The Morgan fingerprint density at radius 2 is 2.14 bits per heavy atom. The first-order valence-corrected chi connectivity index (χ1v) is 7.26. The summed E-state index contributed by atoms with van der Waals surface area (Å²) >= 11 is 6.05. The molecule has 0 atom stereocenters. The number of rotatable bonds is 6. The summed E-state index contributed by atoms with van der Waals surface area (Å²) in [5.41, 5.74) is 0.389. The highest BCUT2D eigenvalue weighted by molar-refractivity contribution is 6.32. The van der Waals surface area contributed by atoms with E-state index in [1.54, 1.807) is 0 Å². The van der Waals surface area contributed by atoms with E-state index in [4.69, 9.17) is 21.1 Å². The molecule has 1 amide bonds. The van der Waals surface area contributed by atoms with E-state index in [9.17, 15) is 9.59 Å². The van der Waals surface area contributed by atoms with Crippen LogP contribution in [0.25, 0.3) is 0 Å². The maximum atomic E-state index is 11.8. The molecule has 2 rings (SSSR count). The van der Waals surface area contributed by atoms with Crippen LogP contribution in [0.2, 0.25) is 5.02 Å². The second-order valence-corrected chi connectivity index (χ2v) is 5.40. The van der Waals surface area contributed by atoms with Crippen LogP contribution < -0.4 is 14.8 Å². The summed E-state index contributed by atoms with van der Waals surface area (Å²) in [7, 11) is 1.45. The number of benzene rings is 1. The van der Waals surface area contributed by atoms with E-state index < -0.39 is 0 Å². The highest BCUT2D eigenvalue weighted by Crippen LogP contribution is 2.36. The van der Waals surface area contributed by atoms with Crippen molar-refractivity contribution in [3.63, 3.8) is 0 Å². The molecule has 114 valence electrons. The van der Waals surface area contributed by atoms with Crippen LogP contribution in [-0.4, -0.2) is 32.0 Å². The zero-order valence-electron chi connectivity index (χ0n) is 11.9. The van der Waals surface area contributed by atoms with Gasteiger partial charge in [0.1, 0.15) is 6.29 Å². The van der Waals surface area contributed by atoms with Crippen molar-refractivity contribution < 1.29 is 19.1 Å². The molecule has 1 aromatic rings. The number of nitrogens with one attached hydrogen (secondary N) is 1. The Morgan fingerprint density at radius 3 is 2.76 bits per heavy atom. The van der Waals surface area contributed by atoms with Crippen LogP contribution in [0.5, 0.6) is 11.5 Å². The second kappa shape index (κ2) is 7.31. The van der Waals surface area contributed by atoms with Gasteiger partial charge in [0.25, 0.3) is 5.91 Å². The summed E-state index contributed by atoms with van der Waals surface area (Å²) in [4.78, 5) is 22.6. The van der Waals surface area contributed by atoms with Gasteiger partial charge in [0.15, 0.2) is 18.1 Å². The third-order valence-corrected chi connectivity index (χ3v) is 3.74. The zero-order valence-corrected chi connectivity index (χ0v) is 12.6. The van der Waals surface area contributed by atoms with Crippen LogP contribution in [0.4, 0.5) is 0 Å². The lowest BCUT2D eigenvalue weighted by Crippen LogP contribution is -2.36. The molecule has 0 spiro atoms. The first-order chi connectivity index (χ1) is 10.1. The number of carbonyl (C=O) groups excluding carboxylic acids is 2. The summed E-state index contributed by atoms with van der Waals surface area (Å²) in [6, 6.07) is 3.24. The minimum Gasteiger partial charge on any atom is -0.493 e. The minimum absolute atomic E-state index is 0.132. The van der Waals surface area contributed by atoms with Gasteiger partial charge in [0.05, 0.1) is 12.1 Å². The van der Waals surface area contributed by atoms with Crippen molar-refractivity contribution >= 4 is 23.8 Å². The van der Waals surface area contributed by atoms with Gasteiger partial charge < -0.3 is 14.8 Å². The number of amides is 1. The fraction of sp³-hybridized carbons (Fsp3) is 0.467. The average Bonchev–Trinajstić information content (AvgIpc) is 2.97. The maximum absolute atomic E-state index is 11.8. The fourth-order valence-corrected chi connectivity index (χ4v) is 2.70. The van der Waals surface area contributed by atoms with E-state index in [1.807, 2.05) is 0 Å². The van der Waals surface area contributed by atoms with Crippen LogP contribution in [0.1, 0.15) is 36.0 Å². The van der Waals surface area contributed by atoms with Crippen LogP contribution in [-0.2, 0) is 4.79 Å². The highest BCUT2D eigenvalue weighted by atomic mass is 35.5. The topological polar surface area (TPSA) is 64.6 Å². The molecular formula is C15H18ClNO4. The van der Waals surface area contributed by atoms with Gasteiger partial charge in [-0.1, -0.05) is 24.4 Å². The van der Waals surface area contributed by atoms with Crippen molar-refractivity contribution in [3.05, 3.63) is 22.7 Å². The molecule has 1 fully saturated rings. The van der Waals surface area contributed by atoms with Crippen LogP contribution in [0, 0.1) is 0 Å². The van der Waals surface area contributed by atoms with E-state index in [-0.39, 0.29) is 29.3 Å². The van der Waals surface area contributed by atoms with E-state index in [0.717, 1.165) is 25.7 Å². The number of carbonyl (C=O) groups is 2. The Labute approximate surface area is 128 Å². The van der Waals surface area contributed by atoms with E-state index >= 15 is 0 Å². The van der Waals surface area contributed by atoms with Crippen molar-refractivity contribution in [1.29, 1.82) is 0 Å². The molecule has 1 aromatic carbocycles. The smallest absolute Gasteiger partial charge is 0.258 e. The van der Waals surface area contributed by atoms with Gasteiger partial charge in [0, 0.05) is 11.6 Å². The third kappa shape index (κ3) is 4.11. The third-order valence-electron chi connectivity index (χ3n) is 3.46. The Kier molecular flexibility index (Phi) is 5.44. The van der Waals surface area contributed by atoms with Gasteiger partial charge in [-0.05, 0) is 25.0 Å². The van der Waals surface area contributed by atoms with Crippen molar-refractivity contribution in [2.24, 2.45) is 0 Å². The van der Waals surface area contributed by atoms with Gasteiger partial charge in [0.2, 0.25) is 0 Å². The lowest BCUT2D eigenvalue weighted by Gasteiger charge is -2.15. The van der Waals surface area contributed by atoms with Crippen molar-refractivity contribution in [2.75, 3.05) is 13.7 Å².